The molecule has 0 saturated carbocycles. The van der Waals surface area contributed by atoms with Crippen molar-refractivity contribution in [2.45, 2.75) is 38.7 Å². The molecule has 0 bridgehead atoms. The summed E-state index contributed by atoms with van der Waals surface area (Å²) in [7, 11) is 0. The number of ether oxygens (including phenoxy) is 1. The highest BCUT2D eigenvalue weighted by atomic mass is 16.5. The SMILES string of the molecule is CCCN(CC#N)CC1CCCCO1. The van der Waals surface area contributed by atoms with E-state index in [0.717, 1.165) is 32.5 Å². The van der Waals surface area contributed by atoms with Crippen LogP contribution in [0.1, 0.15) is 32.6 Å². The zero-order valence-electron chi connectivity index (χ0n) is 9.04. The molecule has 1 atom stereocenters. The van der Waals surface area contributed by atoms with Gasteiger partial charge in [0.25, 0.3) is 0 Å². The lowest BCUT2D eigenvalue weighted by Crippen LogP contribution is -2.36. The molecule has 14 heavy (non-hydrogen) atoms. The van der Waals surface area contributed by atoms with E-state index in [1.165, 1.54) is 12.8 Å². The van der Waals surface area contributed by atoms with E-state index in [1.807, 2.05) is 0 Å². The second-order valence-corrected chi connectivity index (χ2v) is 3.88. The maximum absolute atomic E-state index is 8.66. The number of rotatable bonds is 5. The van der Waals surface area contributed by atoms with E-state index in [-0.39, 0.29) is 0 Å². The average molecular weight is 196 g/mol. The first-order valence-electron chi connectivity index (χ1n) is 5.57. The van der Waals surface area contributed by atoms with E-state index < -0.39 is 0 Å². The molecule has 1 unspecified atom stereocenters. The summed E-state index contributed by atoms with van der Waals surface area (Å²) in [5.74, 6) is 0. The van der Waals surface area contributed by atoms with Crippen LogP contribution in [-0.2, 0) is 4.74 Å². The topological polar surface area (TPSA) is 36.3 Å². The van der Waals surface area contributed by atoms with Gasteiger partial charge in [-0.25, -0.2) is 0 Å². The first-order valence-corrected chi connectivity index (χ1v) is 5.57. The number of nitriles is 1. The van der Waals surface area contributed by atoms with Crippen molar-refractivity contribution in [3.63, 3.8) is 0 Å². The maximum atomic E-state index is 8.66. The first kappa shape index (κ1) is 11.5. The van der Waals surface area contributed by atoms with Crippen molar-refractivity contribution in [2.24, 2.45) is 0 Å². The van der Waals surface area contributed by atoms with Gasteiger partial charge in [-0.1, -0.05) is 6.92 Å². The van der Waals surface area contributed by atoms with Crippen molar-refractivity contribution in [1.82, 2.24) is 4.90 Å². The molecule has 0 aromatic rings. The third-order valence-electron chi connectivity index (χ3n) is 2.57. The molecule has 1 aliphatic rings. The highest BCUT2D eigenvalue weighted by Crippen LogP contribution is 2.13. The number of nitrogens with zero attached hydrogens (tertiary/aromatic N) is 2. The second-order valence-electron chi connectivity index (χ2n) is 3.88. The summed E-state index contributed by atoms with van der Waals surface area (Å²) in [6.07, 6.45) is 5.10. The zero-order chi connectivity index (χ0) is 10.2. The molecule has 3 heteroatoms. The Kier molecular flexibility index (Phi) is 5.58. The Balaban J connectivity index is 2.26. The van der Waals surface area contributed by atoms with E-state index in [9.17, 15) is 0 Å². The van der Waals surface area contributed by atoms with E-state index >= 15 is 0 Å². The van der Waals surface area contributed by atoms with Crippen LogP contribution in [0.15, 0.2) is 0 Å². The molecule has 0 aromatic carbocycles. The van der Waals surface area contributed by atoms with Crippen LogP contribution >= 0.6 is 0 Å². The Hall–Kier alpha value is -0.590. The van der Waals surface area contributed by atoms with Crippen LogP contribution in [-0.4, -0.2) is 37.2 Å². The van der Waals surface area contributed by atoms with E-state index in [2.05, 4.69) is 17.9 Å². The lowest BCUT2D eigenvalue weighted by atomic mass is 10.1. The Labute approximate surface area is 86.6 Å². The van der Waals surface area contributed by atoms with Crippen LogP contribution in [0.25, 0.3) is 0 Å². The summed E-state index contributed by atoms with van der Waals surface area (Å²) in [6, 6.07) is 2.21. The smallest absolute Gasteiger partial charge is 0.0866 e. The van der Waals surface area contributed by atoms with E-state index in [1.54, 1.807) is 0 Å². The fourth-order valence-electron chi connectivity index (χ4n) is 1.89. The van der Waals surface area contributed by atoms with Crippen LogP contribution in [0.4, 0.5) is 0 Å². The molecule has 0 radical (unpaired) electrons. The highest BCUT2D eigenvalue weighted by Gasteiger charge is 2.16. The van der Waals surface area contributed by atoms with Crippen molar-refractivity contribution >= 4 is 0 Å². The van der Waals surface area contributed by atoms with Crippen LogP contribution < -0.4 is 0 Å². The monoisotopic (exact) mass is 196 g/mol. The highest BCUT2D eigenvalue weighted by molar-refractivity contribution is 4.79. The summed E-state index contributed by atoms with van der Waals surface area (Å²) in [4.78, 5) is 2.19. The lowest BCUT2D eigenvalue weighted by Gasteiger charge is -2.28. The van der Waals surface area contributed by atoms with Gasteiger partial charge in [-0.05, 0) is 32.2 Å². The zero-order valence-corrected chi connectivity index (χ0v) is 9.04. The molecule has 0 spiro atoms. The van der Waals surface area contributed by atoms with Gasteiger partial charge in [0.15, 0.2) is 0 Å². The molecule has 1 aliphatic heterocycles. The normalized spacial score (nSPS) is 22.2. The van der Waals surface area contributed by atoms with Crippen LogP contribution in [0.2, 0.25) is 0 Å². The molecule has 1 heterocycles. The minimum atomic E-state index is 0.364. The molecular formula is C11H20N2O. The molecule has 0 amide bonds. The Morgan fingerprint density at radius 3 is 2.93 bits per heavy atom. The van der Waals surface area contributed by atoms with Gasteiger partial charge >= 0.3 is 0 Å². The predicted octanol–water partition coefficient (Wildman–Crippen LogP) is 1.79. The molecule has 0 aromatic heterocycles. The summed E-state index contributed by atoms with van der Waals surface area (Å²) < 4.78 is 5.65. The molecule has 1 rings (SSSR count). The molecule has 1 saturated heterocycles. The van der Waals surface area contributed by atoms with Crippen molar-refractivity contribution in [2.75, 3.05) is 26.2 Å². The fraction of sp³-hybridized carbons (Fsp3) is 0.909. The van der Waals surface area contributed by atoms with Gasteiger partial charge in [-0.15, -0.1) is 0 Å². The average Bonchev–Trinajstić information content (AvgIpc) is 2.20. The molecule has 3 nitrogen and oxygen atoms in total. The lowest BCUT2D eigenvalue weighted by molar-refractivity contribution is -0.00350. The van der Waals surface area contributed by atoms with Gasteiger partial charge in [-0.2, -0.15) is 5.26 Å². The van der Waals surface area contributed by atoms with Crippen molar-refractivity contribution in [1.29, 1.82) is 5.26 Å². The third-order valence-corrected chi connectivity index (χ3v) is 2.57. The van der Waals surface area contributed by atoms with E-state index in [4.69, 9.17) is 10.00 Å². The number of hydrogen-bond acceptors (Lipinski definition) is 3. The van der Waals surface area contributed by atoms with Crippen LogP contribution in [0, 0.1) is 11.3 Å². The quantitative estimate of drug-likeness (QED) is 0.629. The second kappa shape index (κ2) is 6.80. The van der Waals surface area contributed by atoms with Crippen molar-refractivity contribution < 1.29 is 4.74 Å². The Morgan fingerprint density at radius 1 is 1.50 bits per heavy atom. The van der Waals surface area contributed by atoms with Gasteiger partial charge < -0.3 is 4.74 Å². The molecule has 80 valence electrons. The van der Waals surface area contributed by atoms with Gasteiger partial charge in [0.05, 0.1) is 18.7 Å². The minimum absolute atomic E-state index is 0.364. The first-order chi connectivity index (χ1) is 6.86. The van der Waals surface area contributed by atoms with Gasteiger partial charge in [0.2, 0.25) is 0 Å². The van der Waals surface area contributed by atoms with Crippen molar-refractivity contribution in [3.8, 4) is 6.07 Å². The largest absolute Gasteiger partial charge is 0.377 e. The van der Waals surface area contributed by atoms with Gasteiger partial charge in [0, 0.05) is 13.2 Å². The van der Waals surface area contributed by atoms with Gasteiger partial charge in [0.1, 0.15) is 0 Å². The summed E-state index contributed by atoms with van der Waals surface area (Å²) in [5.41, 5.74) is 0. The van der Waals surface area contributed by atoms with Crippen LogP contribution in [0.5, 0.6) is 0 Å². The molecule has 0 aliphatic carbocycles. The van der Waals surface area contributed by atoms with Gasteiger partial charge in [-0.3, -0.25) is 4.90 Å². The third kappa shape index (κ3) is 4.08. The summed E-state index contributed by atoms with van der Waals surface area (Å²) in [5, 5.41) is 8.66. The number of hydrogen-bond donors (Lipinski definition) is 0. The Morgan fingerprint density at radius 2 is 2.36 bits per heavy atom. The fourth-order valence-corrected chi connectivity index (χ4v) is 1.89. The molecule has 0 N–H and O–H groups in total. The maximum Gasteiger partial charge on any atom is 0.0866 e. The Bertz CT molecular complexity index is 182. The molecule has 1 fully saturated rings. The van der Waals surface area contributed by atoms with E-state index in [0.29, 0.717) is 12.6 Å². The predicted molar refractivity (Wildman–Crippen MR) is 55.9 cm³/mol. The summed E-state index contributed by atoms with van der Waals surface area (Å²) >= 11 is 0. The minimum Gasteiger partial charge on any atom is -0.377 e. The standard InChI is InChI=1S/C11H20N2O/c1-2-7-13(8-6-12)10-11-5-3-4-9-14-11/h11H,2-5,7-10H2,1H3. The van der Waals surface area contributed by atoms with Crippen molar-refractivity contribution in [3.05, 3.63) is 0 Å². The van der Waals surface area contributed by atoms with Crippen LogP contribution in [0.3, 0.4) is 0 Å². The summed E-state index contributed by atoms with van der Waals surface area (Å²) in [6.45, 7) is 5.52. The molecular weight excluding hydrogens is 176 g/mol.